The van der Waals surface area contributed by atoms with Crippen molar-refractivity contribution < 1.29 is 9.59 Å². The number of benzene rings is 2. The van der Waals surface area contributed by atoms with Crippen molar-refractivity contribution in [3.63, 3.8) is 0 Å². The maximum atomic E-state index is 13.0. The van der Waals surface area contributed by atoms with E-state index >= 15 is 0 Å². The van der Waals surface area contributed by atoms with Crippen LogP contribution in [0.5, 0.6) is 0 Å². The first-order chi connectivity index (χ1) is 19.0. The number of para-hydroxylation sites is 2. The summed E-state index contributed by atoms with van der Waals surface area (Å²) in [6.45, 7) is 4.59. The Morgan fingerprint density at radius 3 is 2.54 bits per heavy atom. The molecule has 0 aliphatic carbocycles. The lowest BCUT2D eigenvalue weighted by molar-refractivity contribution is -0.136. The highest BCUT2D eigenvalue weighted by Gasteiger charge is 2.36. The van der Waals surface area contributed by atoms with Gasteiger partial charge in [0, 0.05) is 73.5 Å². The lowest BCUT2D eigenvalue weighted by Crippen LogP contribution is -2.49. The Balaban J connectivity index is 1.05. The Labute approximate surface area is 228 Å². The molecule has 7 nitrogen and oxygen atoms in total. The summed E-state index contributed by atoms with van der Waals surface area (Å²) in [5.74, 6) is 0.399. The molecule has 39 heavy (non-hydrogen) atoms. The number of nitrogens with zero attached hydrogens (tertiary/aromatic N) is 3. The fourth-order valence-electron chi connectivity index (χ4n) is 6.55. The fraction of sp³-hybridized carbons (Fsp3) is 0.344. The van der Waals surface area contributed by atoms with Crippen molar-refractivity contribution in [3.8, 4) is 5.69 Å². The van der Waals surface area contributed by atoms with E-state index in [1.54, 1.807) is 12.1 Å². The molecule has 1 N–H and O–H groups in total. The van der Waals surface area contributed by atoms with E-state index in [2.05, 4.69) is 53.2 Å². The molecule has 4 heterocycles. The average Bonchev–Trinajstić information content (AvgIpc) is 3.23. The molecule has 4 aromatic rings. The zero-order valence-electron chi connectivity index (χ0n) is 22.3. The molecule has 1 fully saturated rings. The van der Waals surface area contributed by atoms with E-state index in [0.29, 0.717) is 26.2 Å². The van der Waals surface area contributed by atoms with Crippen LogP contribution in [0.25, 0.3) is 16.6 Å². The Kier molecular flexibility index (Phi) is 6.81. The van der Waals surface area contributed by atoms with Crippen molar-refractivity contribution in [2.24, 2.45) is 5.92 Å². The number of carbonyl (C=O) groups is 2. The molecule has 7 heteroatoms. The molecule has 1 saturated heterocycles. The van der Waals surface area contributed by atoms with E-state index in [0.717, 1.165) is 29.7 Å². The van der Waals surface area contributed by atoms with Crippen LogP contribution >= 0.6 is 0 Å². The van der Waals surface area contributed by atoms with Crippen LogP contribution in [0.2, 0.25) is 0 Å². The van der Waals surface area contributed by atoms with E-state index in [4.69, 9.17) is 0 Å². The molecular formula is C32H34N4O3. The van der Waals surface area contributed by atoms with E-state index in [1.165, 1.54) is 16.6 Å². The summed E-state index contributed by atoms with van der Waals surface area (Å²) in [5.41, 5.74) is 5.75. The van der Waals surface area contributed by atoms with Gasteiger partial charge >= 0.3 is 0 Å². The summed E-state index contributed by atoms with van der Waals surface area (Å²) >= 11 is 0. The first-order valence-corrected chi connectivity index (χ1v) is 13.9. The SMILES string of the molecule is Cc1c(CCNC(=O)CCC(=O)N2C[C@H]3C[C@H](C2)c2cccc(=O)n2C3)c2ccccc2n1-c1ccccc1. The number of likely N-dealkylation sites (tertiary alicyclic amines) is 1. The topological polar surface area (TPSA) is 76.3 Å². The van der Waals surface area contributed by atoms with Gasteiger partial charge in [-0.25, -0.2) is 0 Å². The highest BCUT2D eigenvalue weighted by atomic mass is 16.2. The lowest BCUT2D eigenvalue weighted by Gasteiger charge is -2.42. The molecule has 2 aliphatic heterocycles. The maximum absolute atomic E-state index is 13.0. The monoisotopic (exact) mass is 522 g/mol. The number of carbonyl (C=O) groups excluding carboxylic acids is 2. The molecule has 2 aromatic heterocycles. The van der Waals surface area contributed by atoms with Crippen LogP contribution in [-0.4, -0.2) is 45.5 Å². The number of amides is 2. The van der Waals surface area contributed by atoms with E-state index in [1.807, 2.05) is 33.7 Å². The lowest BCUT2D eigenvalue weighted by atomic mass is 9.83. The molecular weight excluding hydrogens is 488 g/mol. The second kappa shape index (κ2) is 10.6. The van der Waals surface area contributed by atoms with Gasteiger partial charge in [-0.05, 0) is 55.5 Å². The van der Waals surface area contributed by atoms with Gasteiger partial charge in [-0.15, -0.1) is 0 Å². The van der Waals surface area contributed by atoms with Gasteiger partial charge < -0.3 is 19.4 Å². The Hall–Kier alpha value is -4.13. The second-order valence-corrected chi connectivity index (χ2v) is 10.8. The van der Waals surface area contributed by atoms with Crippen LogP contribution < -0.4 is 10.9 Å². The number of nitrogens with one attached hydrogen (secondary N) is 1. The fourth-order valence-corrected chi connectivity index (χ4v) is 6.55. The first kappa shape index (κ1) is 25.2. The molecule has 6 rings (SSSR count). The number of piperidine rings is 1. The van der Waals surface area contributed by atoms with Crippen LogP contribution in [0.4, 0.5) is 0 Å². The zero-order chi connectivity index (χ0) is 26.9. The van der Waals surface area contributed by atoms with Gasteiger partial charge in [-0.2, -0.15) is 0 Å². The molecule has 0 saturated carbocycles. The van der Waals surface area contributed by atoms with Gasteiger partial charge in [0.1, 0.15) is 0 Å². The second-order valence-electron chi connectivity index (χ2n) is 10.8. The highest BCUT2D eigenvalue weighted by Crippen LogP contribution is 2.35. The van der Waals surface area contributed by atoms with Gasteiger partial charge in [-0.3, -0.25) is 14.4 Å². The highest BCUT2D eigenvalue weighted by molar-refractivity contribution is 5.87. The van der Waals surface area contributed by atoms with Gasteiger partial charge in [-0.1, -0.05) is 42.5 Å². The summed E-state index contributed by atoms with van der Waals surface area (Å²) in [7, 11) is 0. The van der Waals surface area contributed by atoms with E-state index < -0.39 is 0 Å². The van der Waals surface area contributed by atoms with Crippen LogP contribution in [0.1, 0.15) is 42.1 Å². The summed E-state index contributed by atoms with van der Waals surface area (Å²) in [5, 5.41) is 4.23. The minimum absolute atomic E-state index is 0.0216. The zero-order valence-corrected chi connectivity index (χ0v) is 22.3. The molecule has 2 bridgehead atoms. The minimum atomic E-state index is -0.0955. The third kappa shape index (κ3) is 4.89. The van der Waals surface area contributed by atoms with Gasteiger partial charge in [0.15, 0.2) is 0 Å². The number of aromatic nitrogens is 2. The number of hydrogen-bond acceptors (Lipinski definition) is 3. The van der Waals surface area contributed by atoms with Crippen molar-refractivity contribution in [2.45, 2.75) is 45.1 Å². The molecule has 2 aliphatic rings. The van der Waals surface area contributed by atoms with Gasteiger partial charge in [0.05, 0.1) is 5.52 Å². The van der Waals surface area contributed by atoms with Crippen molar-refractivity contribution in [2.75, 3.05) is 19.6 Å². The first-order valence-electron chi connectivity index (χ1n) is 13.9. The summed E-state index contributed by atoms with van der Waals surface area (Å²) in [6.07, 6.45) is 2.12. The van der Waals surface area contributed by atoms with Crippen molar-refractivity contribution >= 4 is 22.7 Å². The quantitative estimate of drug-likeness (QED) is 0.396. The normalized spacial score (nSPS) is 18.1. The van der Waals surface area contributed by atoms with Crippen molar-refractivity contribution in [1.29, 1.82) is 0 Å². The number of rotatable bonds is 7. The predicted molar refractivity (Wildman–Crippen MR) is 152 cm³/mol. The van der Waals surface area contributed by atoms with Crippen LogP contribution in [-0.2, 0) is 22.6 Å². The molecule has 2 atom stereocenters. The van der Waals surface area contributed by atoms with Crippen LogP contribution in [0.3, 0.4) is 0 Å². The number of fused-ring (bicyclic) bond motifs is 5. The third-order valence-corrected chi connectivity index (χ3v) is 8.35. The van der Waals surface area contributed by atoms with Crippen molar-refractivity contribution in [3.05, 3.63) is 100 Å². The third-order valence-electron chi connectivity index (χ3n) is 8.35. The minimum Gasteiger partial charge on any atom is -0.356 e. The van der Waals surface area contributed by atoms with E-state index in [-0.39, 0.29) is 42.1 Å². The number of hydrogen-bond donors (Lipinski definition) is 1. The van der Waals surface area contributed by atoms with Crippen LogP contribution in [0.15, 0.2) is 77.6 Å². The molecule has 2 aromatic carbocycles. The molecule has 0 spiro atoms. The largest absolute Gasteiger partial charge is 0.356 e. The Bertz CT molecular complexity index is 1590. The summed E-state index contributed by atoms with van der Waals surface area (Å²) in [6, 6.07) is 24.1. The van der Waals surface area contributed by atoms with Crippen LogP contribution in [0, 0.1) is 12.8 Å². The Morgan fingerprint density at radius 1 is 0.897 bits per heavy atom. The molecule has 0 unspecified atom stereocenters. The van der Waals surface area contributed by atoms with Gasteiger partial charge in [0.2, 0.25) is 11.8 Å². The van der Waals surface area contributed by atoms with Gasteiger partial charge in [0.25, 0.3) is 5.56 Å². The molecule has 0 radical (unpaired) electrons. The standard InChI is InChI=1S/C32H34N4O3/c1-22-26(27-10-5-6-11-29(27)36(22)25-8-3-2-4-9-25)16-17-33-30(37)14-15-31(38)34-19-23-18-24(21-34)28-12-7-13-32(39)35(28)20-23/h2-13,23-24H,14-21H2,1H3,(H,33,37)/t23-,24-/m1/s1. The summed E-state index contributed by atoms with van der Waals surface area (Å²) in [4.78, 5) is 39.8. The Morgan fingerprint density at radius 2 is 1.69 bits per heavy atom. The maximum Gasteiger partial charge on any atom is 0.250 e. The van der Waals surface area contributed by atoms with Crippen molar-refractivity contribution in [1.82, 2.24) is 19.4 Å². The smallest absolute Gasteiger partial charge is 0.250 e. The molecule has 2 amide bonds. The molecule has 200 valence electrons. The average molecular weight is 523 g/mol. The number of pyridine rings is 1. The predicted octanol–water partition coefficient (Wildman–Crippen LogP) is 4.19. The summed E-state index contributed by atoms with van der Waals surface area (Å²) < 4.78 is 4.14. The van der Waals surface area contributed by atoms with E-state index in [9.17, 15) is 14.4 Å².